The molecule has 2 aliphatic rings. The number of nitrogens with zero attached hydrogens (tertiary/aromatic N) is 1. The summed E-state index contributed by atoms with van der Waals surface area (Å²) in [4.78, 5) is 14.2. The van der Waals surface area contributed by atoms with E-state index in [1.165, 1.54) is 32.4 Å². The second-order valence-electron chi connectivity index (χ2n) is 5.20. The second-order valence-corrected chi connectivity index (χ2v) is 5.20. The van der Waals surface area contributed by atoms with Crippen molar-refractivity contribution in [2.45, 2.75) is 44.6 Å². The number of hydrogen-bond acceptors (Lipinski definition) is 3. The monoisotopic (exact) mass is 239 g/mol. The van der Waals surface area contributed by atoms with Crippen molar-refractivity contribution in [2.24, 2.45) is 0 Å². The van der Waals surface area contributed by atoms with Crippen LogP contribution in [0.2, 0.25) is 0 Å². The summed E-state index contributed by atoms with van der Waals surface area (Å²) in [6.07, 6.45) is 7.29. The fraction of sp³-hybridized carbons (Fsp3) is 0.923. The molecule has 2 rings (SSSR count). The summed E-state index contributed by atoms with van der Waals surface area (Å²) in [6.45, 7) is 5.45. The highest BCUT2D eigenvalue weighted by atomic mass is 16.2. The van der Waals surface area contributed by atoms with Crippen LogP contribution in [-0.2, 0) is 4.79 Å². The quantitative estimate of drug-likeness (QED) is 0.695. The number of piperidine rings is 1. The molecule has 0 bridgehead atoms. The van der Waals surface area contributed by atoms with Crippen LogP contribution in [0.5, 0.6) is 0 Å². The molecule has 0 aromatic carbocycles. The molecule has 0 spiro atoms. The third kappa shape index (κ3) is 4.28. The van der Waals surface area contributed by atoms with E-state index < -0.39 is 0 Å². The average molecular weight is 239 g/mol. The molecule has 0 aliphatic carbocycles. The Labute approximate surface area is 104 Å². The molecule has 2 fully saturated rings. The molecule has 2 saturated heterocycles. The summed E-state index contributed by atoms with van der Waals surface area (Å²) in [7, 11) is 0. The average Bonchev–Trinajstić information content (AvgIpc) is 2.89. The molecular formula is C13H25N3O. The van der Waals surface area contributed by atoms with E-state index in [2.05, 4.69) is 15.5 Å². The minimum Gasteiger partial charge on any atom is -0.355 e. The molecule has 0 radical (unpaired) electrons. The van der Waals surface area contributed by atoms with Gasteiger partial charge in [-0.05, 0) is 58.3 Å². The normalized spacial score (nSPS) is 26.0. The lowest BCUT2D eigenvalue weighted by molar-refractivity contribution is -0.122. The van der Waals surface area contributed by atoms with Gasteiger partial charge < -0.3 is 15.5 Å². The maximum atomic E-state index is 11.7. The predicted octanol–water partition coefficient (Wildman–Crippen LogP) is 0.731. The molecule has 2 N–H and O–H groups in total. The van der Waals surface area contributed by atoms with E-state index in [9.17, 15) is 4.79 Å². The third-order valence-electron chi connectivity index (χ3n) is 3.78. The maximum absolute atomic E-state index is 11.7. The summed E-state index contributed by atoms with van der Waals surface area (Å²) < 4.78 is 0. The largest absolute Gasteiger partial charge is 0.355 e. The minimum absolute atomic E-state index is 0.0741. The Bertz CT molecular complexity index is 233. The standard InChI is InChI=1S/C13H25N3O/c17-13(12-6-4-7-14-12)15-8-5-11-16-9-2-1-3-10-16/h12,14H,1-11H2,(H,15,17). The Morgan fingerprint density at radius 3 is 2.76 bits per heavy atom. The van der Waals surface area contributed by atoms with Gasteiger partial charge >= 0.3 is 0 Å². The SMILES string of the molecule is O=C(NCCCN1CCCCC1)C1CCCN1. The van der Waals surface area contributed by atoms with Crippen molar-refractivity contribution in [1.29, 1.82) is 0 Å². The first kappa shape index (κ1) is 12.8. The second kappa shape index (κ2) is 6.97. The lowest BCUT2D eigenvalue weighted by Gasteiger charge is -2.26. The minimum atomic E-state index is 0.0741. The highest BCUT2D eigenvalue weighted by Gasteiger charge is 2.21. The van der Waals surface area contributed by atoms with Crippen LogP contribution in [0.25, 0.3) is 0 Å². The fourth-order valence-electron chi connectivity index (χ4n) is 2.73. The van der Waals surface area contributed by atoms with Crippen LogP contribution in [-0.4, -0.2) is 49.6 Å². The zero-order valence-corrected chi connectivity index (χ0v) is 10.7. The van der Waals surface area contributed by atoms with Crippen LogP contribution < -0.4 is 10.6 Å². The van der Waals surface area contributed by atoms with Gasteiger partial charge in [0.05, 0.1) is 6.04 Å². The molecule has 98 valence electrons. The molecule has 2 aliphatic heterocycles. The Kier molecular flexibility index (Phi) is 5.26. The van der Waals surface area contributed by atoms with Gasteiger partial charge in [-0.2, -0.15) is 0 Å². The lowest BCUT2D eigenvalue weighted by atomic mass is 10.1. The van der Waals surface area contributed by atoms with Gasteiger partial charge in [-0.15, -0.1) is 0 Å². The van der Waals surface area contributed by atoms with Crippen molar-refractivity contribution in [3.63, 3.8) is 0 Å². The van der Waals surface area contributed by atoms with Gasteiger partial charge in [0.15, 0.2) is 0 Å². The van der Waals surface area contributed by atoms with Crippen LogP contribution >= 0.6 is 0 Å². The van der Waals surface area contributed by atoms with Gasteiger partial charge in [-0.1, -0.05) is 6.42 Å². The van der Waals surface area contributed by atoms with Gasteiger partial charge in [0, 0.05) is 6.54 Å². The van der Waals surface area contributed by atoms with Gasteiger partial charge in [-0.25, -0.2) is 0 Å². The number of carbonyl (C=O) groups excluding carboxylic acids is 1. The van der Waals surface area contributed by atoms with Crippen molar-refractivity contribution in [3.8, 4) is 0 Å². The molecule has 4 nitrogen and oxygen atoms in total. The predicted molar refractivity (Wildman–Crippen MR) is 68.9 cm³/mol. The zero-order valence-electron chi connectivity index (χ0n) is 10.7. The van der Waals surface area contributed by atoms with E-state index in [0.29, 0.717) is 0 Å². The van der Waals surface area contributed by atoms with Gasteiger partial charge in [0.25, 0.3) is 0 Å². The molecule has 0 aromatic heterocycles. The number of nitrogens with one attached hydrogen (secondary N) is 2. The van der Waals surface area contributed by atoms with E-state index in [4.69, 9.17) is 0 Å². The first-order valence-corrected chi connectivity index (χ1v) is 7.10. The summed E-state index contributed by atoms with van der Waals surface area (Å²) in [6, 6.07) is 0.0741. The summed E-state index contributed by atoms with van der Waals surface area (Å²) in [5, 5.41) is 6.26. The summed E-state index contributed by atoms with van der Waals surface area (Å²) >= 11 is 0. The summed E-state index contributed by atoms with van der Waals surface area (Å²) in [5.74, 6) is 0.196. The Morgan fingerprint density at radius 1 is 1.24 bits per heavy atom. The zero-order chi connectivity index (χ0) is 11.9. The molecular weight excluding hydrogens is 214 g/mol. The van der Waals surface area contributed by atoms with Gasteiger partial charge in [-0.3, -0.25) is 4.79 Å². The Morgan fingerprint density at radius 2 is 2.06 bits per heavy atom. The smallest absolute Gasteiger partial charge is 0.237 e. The van der Waals surface area contributed by atoms with Crippen molar-refractivity contribution >= 4 is 5.91 Å². The lowest BCUT2D eigenvalue weighted by Crippen LogP contribution is -2.41. The topological polar surface area (TPSA) is 44.4 Å². The molecule has 0 saturated carbocycles. The first-order chi connectivity index (χ1) is 8.36. The van der Waals surface area contributed by atoms with E-state index in [1.54, 1.807) is 0 Å². The molecule has 4 heteroatoms. The Hall–Kier alpha value is -0.610. The molecule has 1 amide bonds. The number of hydrogen-bond donors (Lipinski definition) is 2. The molecule has 1 atom stereocenters. The number of likely N-dealkylation sites (tertiary alicyclic amines) is 1. The number of amides is 1. The molecule has 1 unspecified atom stereocenters. The van der Waals surface area contributed by atoms with E-state index in [0.717, 1.165) is 38.9 Å². The molecule has 17 heavy (non-hydrogen) atoms. The number of carbonyl (C=O) groups is 1. The van der Waals surface area contributed by atoms with Crippen LogP contribution in [0.3, 0.4) is 0 Å². The van der Waals surface area contributed by atoms with Gasteiger partial charge in [0.2, 0.25) is 5.91 Å². The fourth-order valence-corrected chi connectivity index (χ4v) is 2.73. The molecule has 0 aromatic rings. The van der Waals surface area contributed by atoms with Crippen LogP contribution in [0.15, 0.2) is 0 Å². The Balaban J connectivity index is 1.51. The summed E-state index contributed by atoms with van der Waals surface area (Å²) in [5.41, 5.74) is 0. The van der Waals surface area contributed by atoms with Crippen LogP contribution in [0, 0.1) is 0 Å². The van der Waals surface area contributed by atoms with Crippen molar-refractivity contribution in [3.05, 3.63) is 0 Å². The third-order valence-corrected chi connectivity index (χ3v) is 3.78. The van der Waals surface area contributed by atoms with Crippen molar-refractivity contribution in [2.75, 3.05) is 32.7 Å². The van der Waals surface area contributed by atoms with E-state index >= 15 is 0 Å². The molecule has 2 heterocycles. The maximum Gasteiger partial charge on any atom is 0.237 e. The number of rotatable bonds is 5. The van der Waals surface area contributed by atoms with E-state index in [1.807, 2.05) is 0 Å². The first-order valence-electron chi connectivity index (χ1n) is 7.10. The highest BCUT2D eigenvalue weighted by molar-refractivity contribution is 5.81. The van der Waals surface area contributed by atoms with Crippen LogP contribution in [0.4, 0.5) is 0 Å². The van der Waals surface area contributed by atoms with Crippen molar-refractivity contribution < 1.29 is 4.79 Å². The van der Waals surface area contributed by atoms with E-state index in [-0.39, 0.29) is 11.9 Å². The van der Waals surface area contributed by atoms with Crippen LogP contribution in [0.1, 0.15) is 38.5 Å². The highest BCUT2D eigenvalue weighted by Crippen LogP contribution is 2.08. The van der Waals surface area contributed by atoms with Crippen molar-refractivity contribution in [1.82, 2.24) is 15.5 Å². The van der Waals surface area contributed by atoms with Gasteiger partial charge in [0.1, 0.15) is 0 Å².